The van der Waals surface area contributed by atoms with Gasteiger partial charge in [0.05, 0.1) is 16.9 Å². The van der Waals surface area contributed by atoms with E-state index < -0.39 is 25.5 Å². The number of rotatable bonds is 10. The van der Waals surface area contributed by atoms with Crippen molar-refractivity contribution in [3.8, 4) is 0 Å². The molecule has 1 aromatic heterocycles. The topological polar surface area (TPSA) is 163 Å². The highest BCUT2D eigenvalue weighted by atomic mass is 16.7. The number of aromatic nitrogens is 1. The van der Waals surface area contributed by atoms with E-state index in [0.717, 1.165) is 11.3 Å². The maximum Gasteiger partial charge on any atom is 0.423 e. The van der Waals surface area contributed by atoms with Gasteiger partial charge in [0.2, 0.25) is 6.79 Å². The van der Waals surface area contributed by atoms with Crippen molar-refractivity contribution >= 4 is 35.4 Å². The SMILES string of the molecule is CCCNC(=O)c1ccc(C)c(N(C(=N)c2c(C)c(C(=O)NCC)cn2C)C(=O)OCOC(=O)CO)c1. The number of amidine groups is 1. The van der Waals surface area contributed by atoms with Crippen molar-refractivity contribution in [2.24, 2.45) is 7.05 Å². The number of benzene rings is 1. The summed E-state index contributed by atoms with van der Waals surface area (Å²) in [6, 6.07) is 4.69. The number of esters is 1. The van der Waals surface area contributed by atoms with E-state index in [2.05, 4.69) is 15.4 Å². The number of aliphatic hydroxyl groups is 1. The maximum atomic E-state index is 13.2. The smallest absolute Gasteiger partial charge is 0.423 e. The number of carbonyl (C=O) groups is 4. The van der Waals surface area contributed by atoms with Crippen molar-refractivity contribution in [1.29, 1.82) is 5.41 Å². The Morgan fingerprint density at radius 3 is 2.41 bits per heavy atom. The number of hydrogen-bond acceptors (Lipinski definition) is 8. The number of hydrogen-bond donors (Lipinski definition) is 4. The molecule has 0 atom stereocenters. The largest absolute Gasteiger partial charge is 0.426 e. The van der Waals surface area contributed by atoms with Crippen LogP contribution in [0.2, 0.25) is 0 Å². The molecule has 0 saturated heterocycles. The highest BCUT2D eigenvalue weighted by Crippen LogP contribution is 2.27. The monoisotopic (exact) mass is 515 g/mol. The van der Waals surface area contributed by atoms with Gasteiger partial charge in [-0.1, -0.05) is 13.0 Å². The summed E-state index contributed by atoms with van der Waals surface area (Å²) >= 11 is 0. The molecule has 0 saturated carbocycles. The highest BCUT2D eigenvalue weighted by Gasteiger charge is 2.30. The third-order valence-electron chi connectivity index (χ3n) is 5.43. The summed E-state index contributed by atoms with van der Waals surface area (Å²) < 4.78 is 11.2. The zero-order valence-corrected chi connectivity index (χ0v) is 21.6. The lowest BCUT2D eigenvalue weighted by atomic mass is 10.1. The highest BCUT2D eigenvalue weighted by molar-refractivity contribution is 6.21. The first-order chi connectivity index (χ1) is 17.6. The zero-order chi connectivity index (χ0) is 27.7. The zero-order valence-electron chi connectivity index (χ0n) is 21.6. The van der Waals surface area contributed by atoms with Gasteiger partial charge < -0.3 is 29.8 Å². The van der Waals surface area contributed by atoms with Crippen molar-refractivity contribution in [3.05, 3.63) is 52.3 Å². The minimum Gasteiger partial charge on any atom is -0.426 e. The van der Waals surface area contributed by atoms with E-state index in [4.69, 9.17) is 15.3 Å². The average Bonchev–Trinajstić information content (AvgIpc) is 3.17. The summed E-state index contributed by atoms with van der Waals surface area (Å²) in [5, 5.41) is 23.3. The molecule has 3 amide bonds. The number of nitrogens with zero attached hydrogens (tertiary/aromatic N) is 2. The van der Waals surface area contributed by atoms with Gasteiger partial charge in [-0.3, -0.25) is 15.0 Å². The van der Waals surface area contributed by atoms with Gasteiger partial charge >= 0.3 is 12.1 Å². The lowest BCUT2D eigenvalue weighted by Crippen LogP contribution is -2.40. The minimum atomic E-state index is -1.06. The van der Waals surface area contributed by atoms with Crippen molar-refractivity contribution in [2.75, 3.05) is 31.4 Å². The van der Waals surface area contributed by atoms with E-state index in [0.29, 0.717) is 29.8 Å². The summed E-state index contributed by atoms with van der Waals surface area (Å²) in [7, 11) is 1.63. The molecule has 0 spiro atoms. The van der Waals surface area contributed by atoms with Gasteiger partial charge in [-0.25, -0.2) is 14.5 Å². The van der Waals surface area contributed by atoms with Crippen molar-refractivity contribution < 1.29 is 33.8 Å². The molecule has 0 aliphatic heterocycles. The molecule has 0 aliphatic carbocycles. The fraction of sp³-hybridized carbons (Fsp3) is 0.400. The van der Waals surface area contributed by atoms with Crippen LogP contribution in [0.4, 0.5) is 10.5 Å². The fourth-order valence-corrected chi connectivity index (χ4v) is 3.58. The van der Waals surface area contributed by atoms with Gasteiger partial charge in [0, 0.05) is 31.9 Å². The van der Waals surface area contributed by atoms with Crippen molar-refractivity contribution in [2.45, 2.75) is 34.1 Å². The minimum absolute atomic E-state index is 0.188. The predicted molar refractivity (Wildman–Crippen MR) is 136 cm³/mol. The molecule has 0 aliphatic rings. The van der Waals surface area contributed by atoms with E-state index in [9.17, 15) is 19.2 Å². The molecule has 0 unspecified atom stereocenters. The number of amides is 3. The first kappa shape index (κ1) is 29.0. The van der Waals surface area contributed by atoms with Crippen LogP contribution >= 0.6 is 0 Å². The van der Waals surface area contributed by atoms with Crippen LogP contribution in [0.25, 0.3) is 0 Å². The first-order valence-corrected chi connectivity index (χ1v) is 11.7. The van der Waals surface area contributed by atoms with Gasteiger partial charge in [0.1, 0.15) is 6.61 Å². The lowest BCUT2D eigenvalue weighted by Gasteiger charge is -2.25. The van der Waals surface area contributed by atoms with Crippen LogP contribution in [-0.4, -0.2) is 65.9 Å². The molecule has 2 aromatic rings. The Hall–Kier alpha value is -4.19. The normalized spacial score (nSPS) is 10.4. The average molecular weight is 516 g/mol. The molecule has 0 bridgehead atoms. The molecule has 37 heavy (non-hydrogen) atoms. The Labute approximate surface area is 215 Å². The molecular weight excluding hydrogens is 482 g/mol. The van der Waals surface area contributed by atoms with Crippen LogP contribution in [0.1, 0.15) is 57.8 Å². The maximum absolute atomic E-state index is 13.2. The second kappa shape index (κ2) is 13.2. The van der Waals surface area contributed by atoms with Crippen molar-refractivity contribution in [3.63, 3.8) is 0 Å². The second-order valence-electron chi connectivity index (χ2n) is 8.13. The Balaban J connectivity index is 2.57. The molecule has 0 radical (unpaired) electrons. The van der Waals surface area contributed by atoms with Crippen LogP contribution in [0.3, 0.4) is 0 Å². The summed E-state index contributed by atoms with van der Waals surface area (Å²) in [5.74, 6) is -2.01. The molecule has 2 rings (SSSR count). The molecule has 200 valence electrons. The quantitative estimate of drug-likeness (QED) is 0.163. The second-order valence-corrected chi connectivity index (χ2v) is 8.13. The number of ether oxygens (including phenoxy) is 2. The van der Waals surface area contributed by atoms with E-state index in [1.165, 1.54) is 6.07 Å². The molecular formula is C25H33N5O7. The van der Waals surface area contributed by atoms with Gasteiger partial charge in [-0.05, 0) is 50.5 Å². The number of nitrogens with one attached hydrogen (secondary N) is 3. The number of aryl methyl sites for hydroxylation is 2. The fourth-order valence-electron chi connectivity index (χ4n) is 3.58. The summed E-state index contributed by atoms with van der Waals surface area (Å²) in [4.78, 5) is 50.5. The summed E-state index contributed by atoms with van der Waals surface area (Å²) in [5.41, 5.74) is 2.05. The van der Waals surface area contributed by atoms with Crippen LogP contribution in [0.15, 0.2) is 24.4 Å². The van der Waals surface area contributed by atoms with Gasteiger partial charge in [0.15, 0.2) is 5.84 Å². The Morgan fingerprint density at radius 1 is 1.08 bits per heavy atom. The number of anilines is 1. The number of aliphatic hydroxyl groups excluding tert-OH is 1. The van der Waals surface area contributed by atoms with Crippen LogP contribution < -0.4 is 15.5 Å². The van der Waals surface area contributed by atoms with Crippen LogP contribution in [0.5, 0.6) is 0 Å². The van der Waals surface area contributed by atoms with Crippen molar-refractivity contribution in [1.82, 2.24) is 15.2 Å². The predicted octanol–water partition coefficient (Wildman–Crippen LogP) is 1.99. The third kappa shape index (κ3) is 6.94. The summed E-state index contributed by atoms with van der Waals surface area (Å²) in [6.07, 6.45) is 1.23. The van der Waals surface area contributed by atoms with E-state index in [-0.39, 0.29) is 34.6 Å². The van der Waals surface area contributed by atoms with E-state index >= 15 is 0 Å². The molecule has 12 heteroatoms. The van der Waals surface area contributed by atoms with Crippen LogP contribution in [0, 0.1) is 19.3 Å². The molecule has 1 heterocycles. The first-order valence-electron chi connectivity index (χ1n) is 11.7. The molecule has 4 N–H and O–H groups in total. The Bertz CT molecular complexity index is 1190. The number of carbonyl (C=O) groups excluding carboxylic acids is 4. The summed E-state index contributed by atoms with van der Waals surface area (Å²) in [6.45, 7) is 6.24. The third-order valence-corrected chi connectivity index (χ3v) is 5.43. The van der Waals surface area contributed by atoms with E-state index in [1.807, 2.05) is 6.92 Å². The van der Waals surface area contributed by atoms with Gasteiger partial charge in [-0.2, -0.15) is 0 Å². The molecule has 0 fully saturated rings. The molecule has 1 aromatic carbocycles. The standard InChI is InChI=1S/C25H33N5O7/c1-6-10-28-23(33)17-9-8-15(3)19(11-17)30(25(35)37-14-36-20(32)13-31)22(26)21-16(4)18(12-29(21)5)24(34)27-7-2/h8-9,11-12,26,31H,6-7,10,13-14H2,1-5H3,(H,27,34)(H,28,33). The Morgan fingerprint density at radius 2 is 1.78 bits per heavy atom. The molecule has 12 nitrogen and oxygen atoms in total. The van der Waals surface area contributed by atoms with Gasteiger partial charge in [0.25, 0.3) is 11.8 Å². The van der Waals surface area contributed by atoms with E-state index in [1.54, 1.807) is 50.7 Å². The Kier molecular flexibility index (Phi) is 10.4. The van der Waals surface area contributed by atoms with Crippen LogP contribution in [-0.2, 0) is 21.3 Å². The lowest BCUT2D eigenvalue weighted by molar-refractivity contribution is -0.154. The van der Waals surface area contributed by atoms with Gasteiger partial charge in [-0.15, -0.1) is 0 Å².